The molecule has 1 amide bonds. The normalized spacial score (nSPS) is 11.8. The molecule has 0 saturated carbocycles. The molecule has 2 heterocycles. The average Bonchev–Trinajstić information content (AvgIpc) is 2.90. The molecule has 2 aromatic heterocycles. The summed E-state index contributed by atoms with van der Waals surface area (Å²) in [4.78, 5) is 13.6. The van der Waals surface area contributed by atoms with Crippen molar-refractivity contribution in [3.63, 3.8) is 0 Å². The second-order valence-electron chi connectivity index (χ2n) is 4.86. The Bertz CT molecular complexity index is 735. The van der Waals surface area contributed by atoms with Gasteiger partial charge in [-0.1, -0.05) is 11.6 Å². The Morgan fingerprint density at radius 2 is 2.00 bits per heavy atom. The summed E-state index contributed by atoms with van der Waals surface area (Å²) in [5.74, 6) is -0.666. The lowest BCUT2D eigenvalue weighted by Crippen LogP contribution is -2.28. The fourth-order valence-electron chi connectivity index (χ4n) is 2.03. The number of carbonyl (C=O) groups excluding carboxylic acids is 1. The minimum atomic E-state index is -4.62. The van der Waals surface area contributed by atoms with Crippen LogP contribution < -0.4 is 0 Å². The number of halogens is 5. The first kappa shape index (κ1) is 17.8. The van der Waals surface area contributed by atoms with E-state index in [1.807, 2.05) is 0 Å². The van der Waals surface area contributed by atoms with Crippen LogP contribution in [0.15, 0.2) is 10.7 Å². The Balaban J connectivity index is 2.31. The van der Waals surface area contributed by atoms with Crippen LogP contribution in [0.1, 0.15) is 21.9 Å². The highest BCUT2D eigenvalue weighted by Gasteiger charge is 2.40. The van der Waals surface area contributed by atoms with Gasteiger partial charge >= 0.3 is 6.18 Å². The third kappa shape index (κ3) is 3.37. The highest BCUT2D eigenvalue weighted by atomic mass is 79.9. The topological polar surface area (TPSA) is 56.0 Å². The van der Waals surface area contributed by atoms with Crippen LogP contribution >= 0.6 is 27.5 Å². The molecule has 0 aliphatic carbocycles. The first-order valence-electron chi connectivity index (χ1n) is 6.25. The molecule has 0 aliphatic heterocycles. The Morgan fingerprint density at radius 1 is 1.39 bits per heavy atom. The van der Waals surface area contributed by atoms with Gasteiger partial charge in [-0.2, -0.15) is 23.4 Å². The molecule has 0 spiro atoms. The Kier molecular flexibility index (Phi) is 4.76. The molecular weight excluding hydrogens is 403 g/mol. The van der Waals surface area contributed by atoms with Gasteiger partial charge in [0.05, 0.1) is 27.9 Å². The van der Waals surface area contributed by atoms with Crippen molar-refractivity contribution in [1.82, 2.24) is 24.5 Å². The van der Waals surface area contributed by atoms with Gasteiger partial charge in [-0.05, 0) is 15.9 Å². The Labute approximate surface area is 142 Å². The fraction of sp³-hybridized carbons (Fsp3) is 0.417. The maximum Gasteiger partial charge on any atom is 0.434 e. The van der Waals surface area contributed by atoms with E-state index in [-0.39, 0.29) is 16.7 Å². The zero-order valence-corrected chi connectivity index (χ0v) is 14.7. The van der Waals surface area contributed by atoms with Crippen LogP contribution in [-0.4, -0.2) is 37.4 Å². The summed E-state index contributed by atoms with van der Waals surface area (Å²) in [7, 11) is 4.22. The van der Waals surface area contributed by atoms with Crippen molar-refractivity contribution in [3.05, 3.63) is 32.8 Å². The van der Waals surface area contributed by atoms with Crippen molar-refractivity contribution >= 4 is 33.4 Å². The number of amides is 1. The van der Waals surface area contributed by atoms with Gasteiger partial charge in [-0.15, -0.1) is 0 Å². The Morgan fingerprint density at radius 3 is 2.43 bits per heavy atom. The zero-order chi connectivity index (χ0) is 17.5. The van der Waals surface area contributed by atoms with Crippen molar-refractivity contribution < 1.29 is 18.0 Å². The number of hydrogen-bond donors (Lipinski definition) is 0. The summed E-state index contributed by atoms with van der Waals surface area (Å²) in [6.07, 6.45) is -3.20. The lowest BCUT2D eigenvalue weighted by molar-refractivity contribution is -0.144. The number of alkyl halides is 3. The second-order valence-corrected chi connectivity index (χ2v) is 6.06. The maximum atomic E-state index is 13.0. The largest absolute Gasteiger partial charge is 0.434 e. The summed E-state index contributed by atoms with van der Waals surface area (Å²) in [6, 6.07) is 0. The van der Waals surface area contributed by atoms with E-state index in [0.29, 0.717) is 15.4 Å². The highest BCUT2D eigenvalue weighted by molar-refractivity contribution is 9.10. The van der Waals surface area contributed by atoms with E-state index in [2.05, 4.69) is 26.1 Å². The molecule has 0 atom stereocenters. The van der Waals surface area contributed by atoms with Gasteiger partial charge in [-0.25, -0.2) is 0 Å². The zero-order valence-electron chi connectivity index (χ0n) is 12.3. The molecule has 0 N–H and O–H groups in total. The molecule has 0 unspecified atom stereocenters. The predicted molar refractivity (Wildman–Crippen MR) is 79.9 cm³/mol. The molecule has 0 bridgehead atoms. The fourth-order valence-corrected chi connectivity index (χ4v) is 2.99. The van der Waals surface area contributed by atoms with E-state index in [1.165, 1.54) is 22.8 Å². The molecule has 0 radical (unpaired) electrons. The van der Waals surface area contributed by atoms with Gasteiger partial charge < -0.3 is 4.90 Å². The van der Waals surface area contributed by atoms with E-state index in [9.17, 15) is 18.0 Å². The van der Waals surface area contributed by atoms with Crippen LogP contribution in [0.4, 0.5) is 13.2 Å². The van der Waals surface area contributed by atoms with E-state index >= 15 is 0 Å². The van der Waals surface area contributed by atoms with Gasteiger partial charge in [0.25, 0.3) is 5.91 Å². The van der Waals surface area contributed by atoms with Crippen LogP contribution in [0.5, 0.6) is 0 Å². The molecule has 0 aromatic carbocycles. The molecule has 23 heavy (non-hydrogen) atoms. The van der Waals surface area contributed by atoms with Crippen LogP contribution in [0.25, 0.3) is 0 Å². The average molecular weight is 415 g/mol. The standard InChI is InChI=1S/C12H12BrClF3N5O/c1-20(5-7-6(14)4-18-21(7)2)11(23)9-8(13)10(12(15,16)17)22(3)19-9/h4H,5H2,1-3H3. The summed E-state index contributed by atoms with van der Waals surface area (Å²) in [5, 5.41) is 7.98. The van der Waals surface area contributed by atoms with Gasteiger partial charge in [0.1, 0.15) is 0 Å². The molecular formula is C12H12BrClF3N5O. The van der Waals surface area contributed by atoms with Gasteiger partial charge in [-0.3, -0.25) is 14.2 Å². The van der Waals surface area contributed by atoms with Crippen LogP contribution in [-0.2, 0) is 26.8 Å². The molecule has 11 heteroatoms. The molecule has 0 saturated heterocycles. The molecule has 0 fully saturated rings. The maximum absolute atomic E-state index is 13.0. The first-order chi connectivity index (χ1) is 10.5. The number of aryl methyl sites for hydroxylation is 2. The van der Waals surface area contributed by atoms with Gasteiger partial charge in [0.15, 0.2) is 11.4 Å². The van der Waals surface area contributed by atoms with Crippen molar-refractivity contribution in [2.45, 2.75) is 12.7 Å². The summed E-state index contributed by atoms with van der Waals surface area (Å²) in [5.41, 5.74) is -0.779. The number of hydrogen-bond acceptors (Lipinski definition) is 3. The van der Waals surface area contributed by atoms with Gasteiger partial charge in [0, 0.05) is 21.1 Å². The summed E-state index contributed by atoms with van der Waals surface area (Å²) in [6.45, 7) is 0.0819. The first-order valence-corrected chi connectivity index (χ1v) is 7.42. The van der Waals surface area contributed by atoms with Crippen molar-refractivity contribution in [1.29, 1.82) is 0 Å². The molecule has 2 rings (SSSR count). The molecule has 6 nitrogen and oxygen atoms in total. The lowest BCUT2D eigenvalue weighted by Gasteiger charge is -2.16. The molecule has 2 aromatic rings. The van der Waals surface area contributed by atoms with Crippen molar-refractivity contribution in [3.8, 4) is 0 Å². The van der Waals surface area contributed by atoms with Gasteiger partial charge in [0.2, 0.25) is 0 Å². The van der Waals surface area contributed by atoms with Crippen LogP contribution in [0.2, 0.25) is 5.02 Å². The highest BCUT2D eigenvalue weighted by Crippen LogP contribution is 2.36. The molecule has 126 valence electrons. The second kappa shape index (κ2) is 6.16. The van der Waals surface area contributed by atoms with Crippen molar-refractivity contribution in [2.75, 3.05) is 7.05 Å². The molecule has 0 aliphatic rings. The van der Waals surface area contributed by atoms with E-state index in [1.54, 1.807) is 7.05 Å². The van der Waals surface area contributed by atoms with E-state index < -0.39 is 17.8 Å². The minimum absolute atomic E-state index is 0.0819. The number of nitrogens with zero attached hydrogens (tertiary/aromatic N) is 5. The lowest BCUT2D eigenvalue weighted by atomic mass is 10.3. The third-order valence-corrected chi connectivity index (χ3v) is 4.27. The quantitative estimate of drug-likeness (QED) is 0.776. The third-order valence-electron chi connectivity index (χ3n) is 3.20. The number of aromatic nitrogens is 4. The summed E-state index contributed by atoms with van der Waals surface area (Å²) >= 11 is 8.78. The predicted octanol–water partition coefficient (Wildman–Crippen LogP) is 2.86. The monoisotopic (exact) mass is 413 g/mol. The number of rotatable bonds is 3. The van der Waals surface area contributed by atoms with E-state index in [4.69, 9.17) is 11.6 Å². The minimum Gasteiger partial charge on any atom is -0.334 e. The van der Waals surface area contributed by atoms with Crippen LogP contribution in [0, 0.1) is 0 Å². The van der Waals surface area contributed by atoms with E-state index in [0.717, 1.165) is 7.05 Å². The van der Waals surface area contributed by atoms with Crippen LogP contribution in [0.3, 0.4) is 0 Å². The summed E-state index contributed by atoms with van der Waals surface area (Å²) < 4.78 is 40.6. The number of carbonyl (C=O) groups is 1. The smallest absolute Gasteiger partial charge is 0.334 e. The Hall–Kier alpha value is -1.55. The SMILES string of the molecule is CN(Cc1c(Cl)cnn1C)C(=O)c1nn(C)c(C(F)(F)F)c1Br. The van der Waals surface area contributed by atoms with Crippen molar-refractivity contribution in [2.24, 2.45) is 14.1 Å².